The number of nitrogens with one attached hydrogen (secondary N) is 6. The fraction of sp³-hybridized carbons (Fsp3) is 0.0847. The Morgan fingerprint density at radius 3 is 1.29 bits per heavy atom. The van der Waals surface area contributed by atoms with Crippen molar-refractivity contribution in [2.75, 3.05) is 6.61 Å². The van der Waals surface area contributed by atoms with E-state index in [4.69, 9.17) is 25.5 Å². The lowest BCUT2D eigenvalue weighted by molar-refractivity contribution is -0.146. The van der Waals surface area contributed by atoms with E-state index in [-0.39, 0.29) is 19.6 Å². The summed E-state index contributed by atoms with van der Waals surface area (Å²) in [7, 11) is 0. The van der Waals surface area contributed by atoms with Gasteiger partial charge in [0.1, 0.15) is 0 Å². The number of aldehydes is 1. The van der Waals surface area contributed by atoms with Gasteiger partial charge in [-0.15, -0.1) is 0 Å². The van der Waals surface area contributed by atoms with Crippen LogP contribution < -0.4 is 0 Å². The number of H-pyrrole nitrogens is 6. The first-order chi connectivity index (χ1) is 36.5. The van der Waals surface area contributed by atoms with E-state index >= 15 is 0 Å². The highest BCUT2D eigenvalue weighted by molar-refractivity contribution is 6.03. The van der Waals surface area contributed by atoms with Crippen LogP contribution in [0.3, 0.4) is 0 Å². The van der Waals surface area contributed by atoms with Gasteiger partial charge in [0, 0.05) is 133 Å². The molecule has 0 aliphatic rings. The first-order valence-corrected chi connectivity index (χ1v) is 23.5. The number of aromatic nitrogens is 6. The molecule has 0 saturated carbocycles. The van der Waals surface area contributed by atoms with Gasteiger partial charge in [0.05, 0.1) is 12.2 Å². The minimum Gasteiger partial charge on any atom is -0.479 e. The minimum atomic E-state index is -1.34. The van der Waals surface area contributed by atoms with Crippen molar-refractivity contribution in [1.29, 1.82) is 0 Å². The third-order valence-corrected chi connectivity index (χ3v) is 11.9. The fourth-order valence-corrected chi connectivity index (χ4v) is 8.15. The van der Waals surface area contributed by atoms with Gasteiger partial charge >= 0.3 is 17.9 Å². The number of carboxylic acids is 3. The summed E-state index contributed by atoms with van der Waals surface area (Å²) in [4.78, 5) is 60.2. The maximum atomic E-state index is 10.7. The second kappa shape index (κ2) is 26.1. The summed E-state index contributed by atoms with van der Waals surface area (Å²) < 4.78 is 0. The molecule has 12 aromatic rings. The molecule has 0 fully saturated rings. The Bertz CT molecular complexity index is 3830. The molecule has 0 radical (unpaired) electrons. The number of carbonyl (C=O) groups is 4. The molecule has 12 rings (SSSR count). The molecule has 75 heavy (non-hydrogen) atoms. The molecule has 6 heterocycles. The molecule has 6 aromatic carbocycles. The van der Waals surface area contributed by atoms with Gasteiger partial charge in [-0.05, 0) is 65.6 Å². The lowest BCUT2D eigenvalue weighted by Gasteiger charge is -2.03. The monoisotopic (exact) mass is 1010 g/mol. The van der Waals surface area contributed by atoms with E-state index in [9.17, 15) is 24.3 Å². The molecular weight excluding hydrogens is 953 g/mol. The summed E-state index contributed by atoms with van der Waals surface area (Å²) in [6.45, 7) is 0.311. The Kier molecular flexibility index (Phi) is 18.5. The number of aliphatic carboxylic acids is 2. The number of rotatable bonds is 10. The number of aliphatic hydroxyl groups excluding tert-OH is 3. The molecule has 16 heteroatoms. The zero-order valence-electron chi connectivity index (χ0n) is 40.3. The zero-order chi connectivity index (χ0) is 53.1. The third-order valence-electron chi connectivity index (χ3n) is 11.9. The summed E-state index contributed by atoms with van der Waals surface area (Å²) in [6.07, 6.45) is 13.6. The molecule has 12 N–H and O–H groups in total. The first-order valence-electron chi connectivity index (χ1n) is 23.5. The Morgan fingerprint density at radius 1 is 0.453 bits per heavy atom. The Morgan fingerprint density at radius 2 is 0.827 bits per heavy atom. The zero-order valence-corrected chi connectivity index (χ0v) is 40.3. The smallest absolute Gasteiger partial charge is 0.337 e. The highest BCUT2D eigenvalue weighted by Gasteiger charge is 2.16. The van der Waals surface area contributed by atoms with Crippen molar-refractivity contribution in [3.8, 4) is 0 Å². The number of aliphatic hydroxyl groups is 3. The van der Waals surface area contributed by atoms with E-state index in [1.165, 1.54) is 17.1 Å². The van der Waals surface area contributed by atoms with Crippen LogP contribution in [-0.2, 0) is 29.0 Å². The number of benzene rings is 6. The van der Waals surface area contributed by atoms with E-state index in [1.807, 2.05) is 146 Å². The van der Waals surface area contributed by atoms with Crippen LogP contribution in [0.1, 0.15) is 43.0 Å². The van der Waals surface area contributed by atoms with Crippen LogP contribution in [-0.4, -0.2) is 97.4 Å². The largest absolute Gasteiger partial charge is 0.479 e. The standard InChI is InChI=1S/C11H11NO3.C11H9NO2.C10H11NO.C9H7NO2.C9H9NO.C9H7NO/c13-10(11(14)15)5-7-6-12-9-4-2-1-3-8(7)9;13-11(14)6-5-8-7-12-10-4-2-1-3-9(8)10;12-6-5-8-7-11-10-4-2-1-3-9(8)10;11-9(12)7-5-10-8-4-2-1-3-6(7)8;2*11-6-7-5-10-9-4-2-1-3-8(7)9/h1-4,6,10,12-13H,5H2,(H,14,15);1-7,12H,(H,13,14);1-4,7,11-12H,5-6H2;1-5,10H,(H,11,12);1-5,10-11H,6H2;1-6,10H. The molecular formula is C59H54N6O10. The van der Waals surface area contributed by atoms with Gasteiger partial charge in [0.25, 0.3) is 0 Å². The summed E-state index contributed by atoms with van der Waals surface area (Å²) in [5.41, 5.74) is 11.0. The van der Waals surface area contributed by atoms with Gasteiger partial charge < -0.3 is 60.5 Å². The molecule has 6 aromatic heterocycles. The van der Waals surface area contributed by atoms with E-state index < -0.39 is 24.0 Å². The van der Waals surface area contributed by atoms with Crippen LogP contribution in [0.25, 0.3) is 71.5 Å². The molecule has 0 aliphatic heterocycles. The SMILES string of the molecule is O=C(O)C(O)Cc1c[nH]c2ccccc12.O=C(O)C=Cc1c[nH]c2ccccc12.O=C(O)c1c[nH]c2ccccc12.O=Cc1c[nH]c2ccccc12.OCCc1c[nH]c2ccccc12.OCc1c[nH]c2ccccc12. The molecule has 0 saturated heterocycles. The normalized spacial score (nSPS) is 11.1. The maximum absolute atomic E-state index is 10.7. The Hall–Kier alpha value is -9.74. The van der Waals surface area contributed by atoms with E-state index in [1.54, 1.807) is 30.7 Å². The van der Waals surface area contributed by atoms with Crippen molar-refractivity contribution < 1.29 is 49.8 Å². The average molecular weight is 1010 g/mol. The van der Waals surface area contributed by atoms with E-state index in [2.05, 4.69) is 36.0 Å². The van der Waals surface area contributed by atoms with Crippen LogP contribution in [0.15, 0.2) is 189 Å². The third kappa shape index (κ3) is 13.8. The van der Waals surface area contributed by atoms with E-state index in [0.29, 0.717) is 5.56 Å². The number of fused-ring (bicyclic) bond motifs is 6. The van der Waals surface area contributed by atoms with Gasteiger partial charge in [0.2, 0.25) is 0 Å². The van der Waals surface area contributed by atoms with Gasteiger partial charge in [-0.25, -0.2) is 14.4 Å². The molecule has 16 nitrogen and oxygen atoms in total. The molecule has 0 aliphatic carbocycles. The number of carboxylic acid groups (broad SMARTS) is 3. The number of hydrogen-bond acceptors (Lipinski definition) is 7. The van der Waals surface area contributed by atoms with Crippen molar-refractivity contribution in [3.63, 3.8) is 0 Å². The number of hydrogen-bond donors (Lipinski definition) is 12. The van der Waals surface area contributed by atoms with Crippen molar-refractivity contribution in [2.24, 2.45) is 0 Å². The maximum Gasteiger partial charge on any atom is 0.337 e. The van der Waals surface area contributed by atoms with Crippen LogP contribution in [0, 0.1) is 0 Å². The van der Waals surface area contributed by atoms with Crippen molar-refractivity contribution in [3.05, 3.63) is 222 Å². The topological polar surface area (TPSA) is 284 Å². The fourth-order valence-electron chi connectivity index (χ4n) is 8.15. The lowest BCUT2D eigenvalue weighted by Crippen LogP contribution is -2.21. The molecule has 1 atom stereocenters. The van der Waals surface area contributed by atoms with Crippen molar-refractivity contribution in [1.82, 2.24) is 29.9 Å². The van der Waals surface area contributed by atoms with Gasteiger partial charge in [-0.3, -0.25) is 4.79 Å². The molecule has 380 valence electrons. The van der Waals surface area contributed by atoms with Crippen LogP contribution in [0.5, 0.6) is 0 Å². The highest BCUT2D eigenvalue weighted by atomic mass is 16.4. The second-order valence-electron chi connectivity index (χ2n) is 16.7. The predicted octanol–water partition coefficient (Wildman–Crippen LogP) is 10.6. The Balaban J connectivity index is 0.000000132. The minimum absolute atomic E-state index is 0.101. The summed E-state index contributed by atoms with van der Waals surface area (Å²) >= 11 is 0. The van der Waals surface area contributed by atoms with Gasteiger partial charge in [-0.2, -0.15) is 0 Å². The summed E-state index contributed by atoms with van der Waals surface area (Å²) in [5.74, 6) is -3.02. The highest BCUT2D eigenvalue weighted by Crippen LogP contribution is 2.22. The summed E-state index contributed by atoms with van der Waals surface area (Å²) in [5, 5.41) is 58.8. The van der Waals surface area contributed by atoms with Crippen LogP contribution in [0.2, 0.25) is 0 Å². The molecule has 0 amide bonds. The Labute approximate surface area is 428 Å². The van der Waals surface area contributed by atoms with Gasteiger partial charge in [0.15, 0.2) is 12.4 Å². The van der Waals surface area contributed by atoms with Crippen molar-refractivity contribution in [2.45, 2.75) is 25.6 Å². The van der Waals surface area contributed by atoms with E-state index in [0.717, 1.165) is 101 Å². The number of para-hydroxylation sites is 6. The number of aromatic amines is 6. The molecule has 1 unspecified atom stereocenters. The average Bonchev–Trinajstić information content (AvgIpc) is 4.32. The van der Waals surface area contributed by atoms with Crippen LogP contribution in [0.4, 0.5) is 0 Å². The molecule has 0 bridgehead atoms. The van der Waals surface area contributed by atoms with Gasteiger partial charge in [-0.1, -0.05) is 109 Å². The van der Waals surface area contributed by atoms with Crippen LogP contribution >= 0.6 is 0 Å². The number of carbonyl (C=O) groups excluding carboxylic acids is 1. The second-order valence-corrected chi connectivity index (χ2v) is 16.7. The van der Waals surface area contributed by atoms with Crippen molar-refractivity contribution >= 4 is 95.7 Å². The molecule has 0 spiro atoms. The predicted molar refractivity (Wildman–Crippen MR) is 293 cm³/mol. The quantitative estimate of drug-likeness (QED) is 0.0454. The summed E-state index contributed by atoms with van der Waals surface area (Å²) in [6, 6.07) is 46.5. The number of aromatic carboxylic acids is 1. The lowest BCUT2D eigenvalue weighted by atomic mass is 10.1. The first kappa shape index (κ1) is 53.1.